The lowest BCUT2D eigenvalue weighted by atomic mass is 10.2. The van der Waals surface area contributed by atoms with E-state index in [1.165, 1.54) is 0 Å². The standard InChI is InChI=1S/C16H21Br2NO5/c1-6-22-12(20)8-23-14-10(17)7-11(9(2)13(14)18)19-15(21)24-16(3,4)5/h7H,6,8H2,1-5H3,(H,19,21). The van der Waals surface area contributed by atoms with Gasteiger partial charge in [0.15, 0.2) is 6.61 Å². The predicted octanol–water partition coefficient (Wildman–Crippen LogP) is 4.81. The molecule has 0 unspecified atom stereocenters. The fourth-order valence-corrected chi connectivity index (χ4v) is 3.05. The molecule has 0 aromatic heterocycles. The van der Waals surface area contributed by atoms with Gasteiger partial charge in [-0.05, 0) is 78.1 Å². The van der Waals surface area contributed by atoms with Gasteiger partial charge in [-0.25, -0.2) is 9.59 Å². The largest absolute Gasteiger partial charge is 0.480 e. The summed E-state index contributed by atoms with van der Waals surface area (Å²) in [6, 6.07) is 1.69. The maximum atomic E-state index is 11.9. The van der Waals surface area contributed by atoms with Crippen LogP contribution >= 0.6 is 31.9 Å². The normalized spacial score (nSPS) is 11.0. The van der Waals surface area contributed by atoms with E-state index in [0.717, 1.165) is 5.56 Å². The molecule has 1 amide bonds. The number of ether oxygens (including phenoxy) is 3. The zero-order valence-electron chi connectivity index (χ0n) is 14.3. The maximum absolute atomic E-state index is 11.9. The summed E-state index contributed by atoms with van der Waals surface area (Å²) in [7, 11) is 0. The summed E-state index contributed by atoms with van der Waals surface area (Å²) in [6.45, 7) is 8.99. The van der Waals surface area contributed by atoms with Crippen LogP contribution in [0.1, 0.15) is 33.3 Å². The molecule has 6 nitrogen and oxygen atoms in total. The van der Waals surface area contributed by atoms with Gasteiger partial charge in [0.25, 0.3) is 0 Å². The van der Waals surface area contributed by atoms with Crippen molar-refractivity contribution in [3.8, 4) is 5.75 Å². The summed E-state index contributed by atoms with van der Waals surface area (Å²) in [5.74, 6) is 0.000186. The fourth-order valence-electron chi connectivity index (χ4n) is 1.70. The van der Waals surface area contributed by atoms with Gasteiger partial charge in [0.1, 0.15) is 11.4 Å². The first-order valence-corrected chi connectivity index (χ1v) is 8.90. The van der Waals surface area contributed by atoms with Crippen molar-refractivity contribution in [2.24, 2.45) is 0 Å². The number of benzene rings is 1. The summed E-state index contributed by atoms with van der Waals surface area (Å²) in [6.07, 6.45) is -0.551. The molecule has 0 aliphatic heterocycles. The van der Waals surface area contributed by atoms with Gasteiger partial charge in [0.05, 0.1) is 15.6 Å². The molecule has 0 atom stereocenters. The fraction of sp³-hybridized carbons (Fsp3) is 0.500. The van der Waals surface area contributed by atoms with Gasteiger partial charge in [-0.3, -0.25) is 5.32 Å². The monoisotopic (exact) mass is 465 g/mol. The molecule has 0 spiro atoms. The van der Waals surface area contributed by atoms with Gasteiger partial charge < -0.3 is 14.2 Å². The number of carbonyl (C=O) groups excluding carboxylic acids is 2. The molecular weight excluding hydrogens is 446 g/mol. The SMILES string of the molecule is CCOC(=O)COc1c(Br)cc(NC(=O)OC(C)(C)C)c(C)c1Br. The van der Waals surface area contributed by atoms with E-state index in [9.17, 15) is 9.59 Å². The van der Waals surface area contributed by atoms with Gasteiger partial charge in [-0.15, -0.1) is 0 Å². The molecule has 134 valence electrons. The van der Waals surface area contributed by atoms with E-state index in [2.05, 4.69) is 37.2 Å². The molecule has 0 fully saturated rings. The van der Waals surface area contributed by atoms with Crippen molar-refractivity contribution in [2.45, 2.75) is 40.2 Å². The number of esters is 1. The third kappa shape index (κ3) is 6.32. The van der Waals surface area contributed by atoms with E-state index in [0.29, 0.717) is 27.0 Å². The summed E-state index contributed by atoms with van der Waals surface area (Å²) in [5.41, 5.74) is 0.712. The van der Waals surface area contributed by atoms with Crippen LogP contribution in [-0.2, 0) is 14.3 Å². The smallest absolute Gasteiger partial charge is 0.412 e. The molecule has 1 N–H and O–H groups in total. The molecule has 1 rings (SSSR count). The lowest BCUT2D eigenvalue weighted by Crippen LogP contribution is -2.27. The topological polar surface area (TPSA) is 73.9 Å². The van der Waals surface area contributed by atoms with Gasteiger partial charge in [-0.2, -0.15) is 0 Å². The van der Waals surface area contributed by atoms with Crippen LogP contribution in [0.3, 0.4) is 0 Å². The molecule has 0 heterocycles. The molecule has 8 heteroatoms. The average Bonchev–Trinajstić information content (AvgIpc) is 2.42. The molecule has 0 aliphatic rings. The summed E-state index contributed by atoms with van der Waals surface area (Å²) in [4.78, 5) is 23.3. The van der Waals surface area contributed by atoms with Crippen LogP contribution in [0.2, 0.25) is 0 Å². The first kappa shape index (κ1) is 20.8. The Morgan fingerprint density at radius 2 is 1.88 bits per heavy atom. The minimum Gasteiger partial charge on any atom is -0.480 e. The molecule has 1 aromatic rings. The Kier molecular flexibility index (Phi) is 7.54. The number of amides is 1. The second-order valence-corrected chi connectivity index (χ2v) is 7.54. The van der Waals surface area contributed by atoms with Crippen molar-refractivity contribution in [1.82, 2.24) is 0 Å². The number of anilines is 1. The lowest BCUT2D eigenvalue weighted by molar-refractivity contribution is -0.145. The Hall–Kier alpha value is -1.28. The third-order valence-electron chi connectivity index (χ3n) is 2.70. The molecule has 0 bridgehead atoms. The predicted molar refractivity (Wildman–Crippen MR) is 98.6 cm³/mol. The minimum atomic E-state index is -0.588. The Bertz CT molecular complexity index is 626. The van der Waals surface area contributed by atoms with Crippen molar-refractivity contribution >= 4 is 49.6 Å². The zero-order chi connectivity index (χ0) is 18.5. The number of rotatable bonds is 5. The summed E-state index contributed by atoms with van der Waals surface area (Å²) < 4.78 is 16.8. The first-order chi connectivity index (χ1) is 11.0. The number of nitrogens with one attached hydrogen (secondary N) is 1. The van der Waals surface area contributed by atoms with Crippen LogP contribution in [-0.4, -0.2) is 30.9 Å². The number of halogens is 2. The van der Waals surface area contributed by atoms with Crippen molar-refractivity contribution in [1.29, 1.82) is 0 Å². The zero-order valence-corrected chi connectivity index (χ0v) is 17.5. The lowest BCUT2D eigenvalue weighted by Gasteiger charge is -2.21. The highest BCUT2D eigenvalue weighted by atomic mass is 79.9. The van der Waals surface area contributed by atoms with Crippen LogP contribution in [0.5, 0.6) is 5.75 Å². The average molecular weight is 467 g/mol. The van der Waals surface area contributed by atoms with Crippen LogP contribution in [0.15, 0.2) is 15.0 Å². The Labute approximate surface area is 158 Å². The van der Waals surface area contributed by atoms with Gasteiger partial charge in [-0.1, -0.05) is 0 Å². The van der Waals surface area contributed by atoms with Crippen LogP contribution in [0.4, 0.5) is 10.5 Å². The van der Waals surface area contributed by atoms with Crippen LogP contribution in [0.25, 0.3) is 0 Å². The van der Waals surface area contributed by atoms with Gasteiger partial charge in [0, 0.05) is 5.69 Å². The van der Waals surface area contributed by atoms with Crippen molar-refractivity contribution in [3.63, 3.8) is 0 Å². The van der Waals surface area contributed by atoms with Gasteiger partial charge >= 0.3 is 12.1 Å². The second-order valence-electron chi connectivity index (χ2n) is 5.89. The molecule has 0 saturated carbocycles. The first-order valence-electron chi connectivity index (χ1n) is 7.32. The molecule has 0 aliphatic carbocycles. The molecular formula is C16H21Br2NO5. The molecule has 1 aromatic carbocycles. The van der Waals surface area contributed by atoms with Gasteiger partial charge in [0.2, 0.25) is 0 Å². The van der Waals surface area contributed by atoms with E-state index in [4.69, 9.17) is 14.2 Å². The number of hydrogen-bond acceptors (Lipinski definition) is 5. The van der Waals surface area contributed by atoms with E-state index in [1.54, 1.807) is 40.7 Å². The van der Waals surface area contributed by atoms with Crippen LogP contribution in [0, 0.1) is 6.92 Å². The molecule has 0 saturated heterocycles. The Morgan fingerprint density at radius 3 is 2.42 bits per heavy atom. The number of hydrogen-bond donors (Lipinski definition) is 1. The van der Waals surface area contributed by atoms with E-state index >= 15 is 0 Å². The van der Waals surface area contributed by atoms with Crippen LogP contribution < -0.4 is 10.1 Å². The van der Waals surface area contributed by atoms with Crippen molar-refractivity contribution in [3.05, 3.63) is 20.6 Å². The second kappa shape index (κ2) is 8.71. The summed E-state index contributed by atoms with van der Waals surface area (Å²) >= 11 is 6.80. The van der Waals surface area contributed by atoms with Crippen molar-refractivity contribution < 1.29 is 23.8 Å². The van der Waals surface area contributed by atoms with E-state index in [-0.39, 0.29) is 6.61 Å². The highest BCUT2D eigenvalue weighted by molar-refractivity contribution is 9.11. The quantitative estimate of drug-likeness (QED) is 0.630. The van der Waals surface area contributed by atoms with E-state index in [1.807, 2.05) is 0 Å². The third-order valence-corrected chi connectivity index (χ3v) is 4.24. The Balaban J connectivity index is 2.92. The minimum absolute atomic E-state index is 0.205. The molecule has 0 radical (unpaired) electrons. The Morgan fingerprint density at radius 1 is 1.25 bits per heavy atom. The molecule has 24 heavy (non-hydrogen) atoms. The van der Waals surface area contributed by atoms with E-state index < -0.39 is 17.7 Å². The highest BCUT2D eigenvalue weighted by Crippen LogP contribution is 2.40. The summed E-state index contributed by atoms with van der Waals surface area (Å²) in [5, 5.41) is 2.69. The highest BCUT2D eigenvalue weighted by Gasteiger charge is 2.20. The number of carbonyl (C=O) groups is 2. The van der Waals surface area contributed by atoms with Crippen molar-refractivity contribution in [2.75, 3.05) is 18.5 Å². The maximum Gasteiger partial charge on any atom is 0.412 e.